The molecule has 0 aromatic carbocycles. The van der Waals surface area contributed by atoms with Gasteiger partial charge in [-0.3, -0.25) is 4.79 Å². The fourth-order valence-electron chi connectivity index (χ4n) is 11.8. The van der Waals surface area contributed by atoms with Crippen LogP contribution in [-0.2, 0) is 9.45 Å². The van der Waals surface area contributed by atoms with Crippen LogP contribution >= 0.6 is 0 Å². The quantitative estimate of drug-likeness (QED) is 0.417. The Morgan fingerprint density at radius 2 is 1.61 bits per heavy atom. The summed E-state index contributed by atoms with van der Waals surface area (Å²) in [6, 6.07) is 0. The molecule has 0 heterocycles. The van der Waals surface area contributed by atoms with Gasteiger partial charge in [-0.1, -0.05) is 48.5 Å². The number of hydrogen-bond donors (Lipinski definition) is 0. The van der Waals surface area contributed by atoms with Crippen LogP contribution < -0.4 is 0 Å². The molecule has 0 spiro atoms. The van der Waals surface area contributed by atoms with Crippen LogP contribution in [0.4, 0.5) is 0 Å². The van der Waals surface area contributed by atoms with Crippen molar-refractivity contribution in [3.8, 4) is 0 Å². The Labute approximate surface area is 205 Å². The number of rotatable bonds is 3. The Morgan fingerprint density at radius 3 is 2.27 bits per heavy atom. The van der Waals surface area contributed by atoms with Crippen molar-refractivity contribution in [2.75, 3.05) is 6.61 Å². The van der Waals surface area contributed by atoms with Crippen LogP contribution in [0.25, 0.3) is 0 Å². The summed E-state index contributed by atoms with van der Waals surface area (Å²) < 4.78 is 5.45. The molecule has 184 valence electrons. The van der Waals surface area contributed by atoms with E-state index in [0.29, 0.717) is 33.4 Å². The van der Waals surface area contributed by atoms with Gasteiger partial charge in [-0.15, -0.1) is 0 Å². The van der Waals surface area contributed by atoms with Gasteiger partial charge in [0.25, 0.3) is 8.05 Å². The first-order valence-corrected chi connectivity index (χ1v) is 14.2. The smallest absolute Gasteiger partial charge is 0.282 e. The molecule has 4 unspecified atom stereocenters. The largest absolute Gasteiger partial charge is 0.447 e. The third kappa shape index (κ3) is 2.99. The molecule has 0 aliphatic heterocycles. The summed E-state index contributed by atoms with van der Waals surface area (Å²) >= 11 is 0. The maximum Gasteiger partial charge on any atom is 0.282 e. The van der Waals surface area contributed by atoms with Crippen molar-refractivity contribution in [3.63, 3.8) is 0 Å². The van der Waals surface area contributed by atoms with E-state index >= 15 is 0 Å². The molecule has 5 rings (SSSR count). The molecule has 0 saturated heterocycles. The van der Waals surface area contributed by atoms with Crippen molar-refractivity contribution in [2.24, 2.45) is 62.6 Å². The van der Waals surface area contributed by atoms with Crippen LogP contribution in [0.3, 0.4) is 0 Å². The molecule has 2 nitrogen and oxygen atoms in total. The monoisotopic (exact) mass is 452 g/mol. The highest BCUT2D eigenvalue weighted by Crippen LogP contribution is 2.77. The lowest BCUT2D eigenvalue weighted by Gasteiger charge is -2.72. The second kappa shape index (κ2) is 7.60. The van der Waals surface area contributed by atoms with Crippen LogP contribution in [0, 0.1) is 62.6 Å². The minimum atomic E-state index is -0.152. The van der Waals surface area contributed by atoms with Gasteiger partial charge in [-0.25, -0.2) is 0 Å². The lowest BCUT2D eigenvalue weighted by Crippen LogP contribution is -2.66. The van der Waals surface area contributed by atoms with Gasteiger partial charge in [0.15, 0.2) is 0 Å². The number of ketones is 1. The molecule has 0 aromatic rings. The number of hydrogen-bond acceptors (Lipinski definition) is 2. The van der Waals surface area contributed by atoms with Crippen molar-refractivity contribution < 1.29 is 9.45 Å². The SMILES string of the molecule is [B]OC[C@]12CC[C@@H](C(C)C)C1C1CCC3[C@@]4(C)CCC(=O)C(C)(C)C4CC[C@@]3(C)[C@]1(C)CC2. The summed E-state index contributed by atoms with van der Waals surface area (Å²) in [5.74, 6) is 4.90. The van der Waals surface area contributed by atoms with Crippen molar-refractivity contribution in [2.45, 2.75) is 113 Å². The van der Waals surface area contributed by atoms with Crippen LogP contribution in [0.15, 0.2) is 0 Å². The van der Waals surface area contributed by atoms with Gasteiger partial charge in [-0.2, -0.15) is 0 Å². The average molecular weight is 453 g/mol. The summed E-state index contributed by atoms with van der Waals surface area (Å²) in [7, 11) is 5.76. The van der Waals surface area contributed by atoms with Gasteiger partial charge in [0.05, 0.1) is 0 Å². The molecule has 33 heavy (non-hydrogen) atoms. The summed E-state index contributed by atoms with van der Waals surface area (Å²) in [5.41, 5.74) is 1.21. The van der Waals surface area contributed by atoms with E-state index in [1.807, 2.05) is 0 Å². The third-order valence-electron chi connectivity index (χ3n) is 13.6. The maximum absolute atomic E-state index is 12.9. The Morgan fingerprint density at radius 1 is 0.879 bits per heavy atom. The number of carbonyl (C=O) groups is 1. The summed E-state index contributed by atoms with van der Waals surface area (Å²) in [4.78, 5) is 12.9. The zero-order valence-electron chi connectivity index (χ0n) is 22.6. The average Bonchev–Trinajstić information content (AvgIpc) is 3.12. The molecule has 5 aliphatic rings. The fourth-order valence-corrected chi connectivity index (χ4v) is 11.8. The molecule has 0 aromatic heterocycles. The molecule has 5 fully saturated rings. The van der Waals surface area contributed by atoms with Gasteiger partial charge >= 0.3 is 0 Å². The molecule has 3 heteroatoms. The zero-order chi connectivity index (χ0) is 24.0. The second-order valence-corrected chi connectivity index (χ2v) is 15.0. The van der Waals surface area contributed by atoms with Gasteiger partial charge < -0.3 is 4.65 Å². The first-order valence-electron chi connectivity index (χ1n) is 14.2. The summed E-state index contributed by atoms with van der Waals surface area (Å²) in [6.07, 6.45) is 12.5. The topological polar surface area (TPSA) is 26.3 Å². The molecular weight excluding hydrogens is 403 g/mol. The fraction of sp³-hybridized carbons (Fsp3) is 0.967. The van der Waals surface area contributed by atoms with Crippen LogP contribution in [0.2, 0.25) is 0 Å². The second-order valence-electron chi connectivity index (χ2n) is 15.0. The molecule has 0 bridgehead atoms. The zero-order valence-corrected chi connectivity index (χ0v) is 22.6. The molecule has 0 amide bonds. The third-order valence-corrected chi connectivity index (χ3v) is 13.6. The first-order chi connectivity index (χ1) is 15.4. The van der Waals surface area contributed by atoms with E-state index in [4.69, 9.17) is 12.7 Å². The number of carbonyl (C=O) groups excluding carboxylic acids is 1. The van der Waals surface area contributed by atoms with E-state index in [0.717, 1.165) is 49.0 Å². The summed E-state index contributed by atoms with van der Waals surface area (Å²) in [6.45, 7) is 18.2. The van der Waals surface area contributed by atoms with E-state index < -0.39 is 0 Å². The van der Waals surface area contributed by atoms with Crippen molar-refractivity contribution >= 4 is 13.8 Å². The van der Waals surface area contributed by atoms with Crippen molar-refractivity contribution in [1.29, 1.82) is 0 Å². The molecule has 9 atom stereocenters. The van der Waals surface area contributed by atoms with E-state index in [1.165, 1.54) is 51.4 Å². The highest BCUT2D eigenvalue weighted by molar-refractivity contribution is 5.97. The minimum Gasteiger partial charge on any atom is -0.447 e. The van der Waals surface area contributed by atoms with E-state index in [-0.39, 0.29) is 5.41 Å². The minimum absolute atomic E-state index is 0.152. The number of Topliss-reactive ketones (excluding diaryl/α,β-unsaturated/α-hetero) is 1. The molecule has 5 aliphatic carbocycles. The Kier molecular flexibility index (Phi) is 5.62. The van der Waals surface area contributed by atoms with E-state index in [2.05, 4.69) is 48.5 Å². The Balaban J connectivity index is 1.54. The standard InChI is InChI=1S/C30H49BO2/c1-19(2)20-10-15-30(18-33-31)17-16-28(6)21(25(20)30)8-9-23-27(5)13-12-24(32)26(3,4)22(27)11-14-29(23,28)7/h19-23,25H,8-18H2,1-7H3/t20-,21?,22?,23?,25?,27-,28+,29+,30+/m0/s1. The maximum atomic E-state index is 12.9. The molecule has 5 saturated carbocycles. The number of fused-ring (bicyclic) bond motifs is 7. The van der Waals surface area contributed by atoms with Gasteiger partial charge in [-0.05, 0) is 115 Å². The van der Waals surface area contributed by atoms with E-state index in [9.17, 15) is 4.79 Å². The first kappa shape index (κ1) is 24.4. The highest BCUT2D eigenvalue weighted by Gasteiger charge is 2.70. The van der Waals surface area contributed by atoms with Crippen molar-refractivity contribution in [3.05, 3.63) is 0 Å². The lowest BCUT2D eigenvalue weighted by molar-refractivity contribution is -0.237. The van der Waals surface area contributed by atoms with Gasteiger partial charge in [0, 0.05) is 18.4 Å². The van der Waals surface area contributed by atoms with Crippen LogP contribution in [0.1, 0.15) is 113 Å². The molecular formula is C30H49BO2. The Hall–Kier alpha value is -0.305. The predicted octanol–water partition coefficient (Wildman–Crippen LogP) is 7.39. The normalized spacial score (nSPS) is 53.2. The van der Waals surface area contributed by atoms with Gasteiger partial charge in [0.2, 0.25) is 0 Å². The lowest BCUT2D eigenvalue weighted by atomic mass is 9.32. The Bertz CT molecular complexity index is 805. The molecule has 2 radical (unpaired) electrons. The van der Waals surface area contributed by atoms with E-state index in [1.54, 1.807) is 0 Å². The van der Waals surface area contributed by atoms with Crippen LogP contribution in [-0.4, -0.2) is 20.4 Å². The highest BCUT2D eigenvalue weighted by atomic mass is 16.4. The van der Waals surface area contributed by atoms with Crippen LogP contribution in [0.5, 0.6) is 0 Å². The van der Waals surface area contributed by atoms with Gasteiger partial charge in [0.1, 0.15) is 5.78 Å². The molecule has 0 N–H and O–H groups in total. The van der Waals surface area contributed by atoms with Crippen molar-refractivity contribution in [1.82, 2.24) is 0 Å². The summed E-state index contributed by atoms with van der Waals surface area (Å²) in [5, 5.41) is 0. The predicted molar refractivity (Wildman–Crippen MR) is 136 cm³/mol.